The van der Waals surface area contributed by atoms with Crippen LogP contribution in [0.1, 0.15) is 29.6 Å². The molecule has 3 rings (SSSR count). The molecule has 1 heterocycles. The highest BCUT2D eigenvalue weighted by Crippen LogP contribution is 2.31. The number of carbonyl (C=O) groups excluding carboxylic acids is 1. The van der Waals surface area contributed by atoms with E-state index in [2.05, 4.69) is 5.32 Å². The maximum absolute atomic E-state index is 12.2. The first-order valence-electron chi connectivity index (χ1n) is 7.61. The third kappa shape index (κ3) is 4.16. The van der Waals surface area contributed by atoms with Gasteiger partial charge in [-0.15, -0.1) is 12.4 Å². The molecule has 1 atom stereocenters. The molecule has 1 aliphatic heterocycles. The molecule has 2 fully saturated rings. The van der Waals surface area contributed by atoms with Crippen molar-refractivity contribution in [1.29, 1.82) is 0 Å². The number of anilines is 1. The first-order valence-corrected chi connectivity index (χ1v) is 9.22. The minimum absolute atomic E-state index is 0. The summed E-state index contributed by atoms with van der Waals surface area (Å²) >= 11 is 0. The van der Waals surface area contributed by atoms with E-state index in [1.54, 1.807) is 24.3 Å². The molecule has 2 aliphatic rings. The molecule has 1 amide bonds. The van der Waals surface area contributed by atoms with Gasteiger partial charge in [-0.1, -0.05) is 6.07 Å². The van der Waals surface area contributed by atoms with Crippen LogP contribution in [-0.2, 0) is 10.0 Å². The molecule has 1 saturated carbocycles. The van der Waals surface area contributed by atoms with Crippen molar-refractivity contribution in [2.45, 2.75) is 25.3 Å². The van der Waals surface area contributed by atoms with Crippen molar-refractivity contribution >= 4 is 34.0 Å². The van der Waals surface area contributed by atoms with Gasteiger partial charge in [0.2, 0.25) is 10.0 Å². The first kappa shape index (κ1) is 18.0. The second kappa shape index (κ2) is 7.07. The minimum atomic E-state index is -3.23. The zero-order chi connectivity index (χ0) is 15.7. The van der Waals surface area contributed by atoms with E-state index in [4.69, 9.17) is 5.73 Å². The Labute approximate surface area is 142 Å². The topological polar surface area (TPSA) is 92.5 Å². The van der Waals surface area contributed by atoms with Crippen LogP contribution in [0.4, 0.5) is 5.69 Å². The number of hydrogen-bond donors (Lipinski definition) is 2. The summed E-state index contributed by atoms with van der Waals surface area (Å²) in [7, 11) is -3.23. The molecule has 1 aliphatic carbocycles. The van der Waals surface area contributed by atoms with Gasteiger partial charge in [0, 0.05) is 24.7 Å². The fraction of sp³-hybridized carbons (Fsp3) is 0.533. The molecule has 23 heavy (non-hydrogen) atoms. The second-order valence-corrected chi connectivity index (χ2v) is 8.02. The lowest BCUT2D eigenvalue weighted by molar-refractivity contribution is 0.0950. The van der Waals surface area contributed by atoms with E-state index in [-0.39, 0.29) is 30.1 Å². The number of rotatable bonds is 5. The summed E-state index contributed by atoms with van der Waals surface area (Å²) in [4.78, 5) is 12.2. The monoisotopic (exact) mass is 359 g/mol. The van der Waals surface area contributed by atoms with Crippen LogP contribution in [0.2, 0.25) is 0 Å². The Morgan fingerprint density at radius 2 is 2.13 bits per heavy atom. The van der Waals surface area contributed by atoms with Crippen molar-refractivity contribution in [3.05, 3.63) is 29.8 Å². The van der Waals surface area contributed by atoms with Crippen molar-refractivity contribution in [1.82, 2.24) is 5.32 Å². The third-order valence-corrected chi connectivity index (χ3v) is 6.09. The molecule has 1 saturated heterocycles. The summed E-state index contributed by atoms with van der Waals surface area (Å²) in [6.07, 6.45) is 2.90. The van der Waals surface area contributed by atoms with Gasteiger partial charge in [0.15, 0.2) is 0 Å². The molecule has 8 heteroatoms. The second-order valence-electron chi connectivity index (χ2n) is 6.00. The van der Waals surface area contributed by atoms with E-state index < -0.39 is 10.0 Å². The fourth-order valence-electron chi connectivity index (χ4n) is 2.74. The average Bonchev–Trinajstić information content (AvgIpc) is 3.28. The molecule has 1 aromatic rings. The van der Waals surface area contributed by atoms with E-state index in [1.807, 2.05) is 0 Å². The van der Waals surface area contributed by atoms with E-state index in [9.17, 15) is 13.2 Å². The summed E-state index contributed by atoms with van der Waals surface area (Å²) in [5.74, 6) is 0.482. The number of hydrogen-bond acceptors (Lipinski definition) is 4. The highest BCUT2D eigenvalue weighted by molar-refractivity contribution is 7.93. The summed E-state index contributed by atoms with van der Waals surface area (Å²) in [6.45, 7) is 0.926. The molecular formula is C15H22ClN3O3S. The molecule has 0 spiro atoms. The van der Waals surface area contributed by atoms with E-state index >= 15 is 0 Å². The van der Waals surface area contributed by atoms with Crippen LogP contribution in [0.3, 0.4) is 0 Å². The van der Waals surface area contributed by atoms with Crippen LogP contribution in [0, 0.1) is 5.92 Å². The molecular weight excluding hydrogens is 338 g/mol. The van der Waals surface area contributed by atoms with Gasteiger partial charge in [-0.2, -0.15) is 0 Å². The molecule has 128 valence electrons. The van der Waals surface area contributed by atoms with Gasteiger partial charge in [0.25, 0.3) is 5.91 Å². The zero-order valence-electron chi connectivity index (χ0n) is 12.8. The summed E-state index contributed by atoms with van der Waals surface area (Å²) in [6, 6.07) is 6.74. The maximum atomic E-state index is 12.2. The molecule has 1 aromatic carbocycles. The van der Waals surface area contributed by atoms with Gasteiger partial charge in [-0.3, -0.25) is 9.10 Å². The number of carbonyl (C=O) groups is 1. The molecule has 0 radical (unpaired) electrons. The fourth-order valence-corrected chi connectivity index (χ4v) is 4.29. The van der Waals surface area contributed by atoms with Gasteiger partial charge >= 0.3 is 0 Å². The van der Waals surface area contributed by atoms with E-state index in [0.29, 0.717) is 36.7 Å². The number of nitrogens with two attached hydrogens (primary N) is 1. The van der Waals surface area contributed by atoms with Crippen molar-refractivity contribution in [3.63, 3.8) is 0 Å². The summed E-state index contributed by atoms with van der Waals surface area (Å²) in [5.41, 5.74) is 6.98. The lowest BCUT2D eigenvalue weighted by Crippen LogP contribution is -2.38. The standard InChI is InChI=1S/C15H21N3O3S.ClH/c16-14(11-5-6-11)10-17-15(19)12-3-1-4-13(9-12)18-7-2-8-22(18,20)21;/h1,3-4,9,11,14H,2,5-8,10,16H2,(H,17,19);1H. The van der Waals surface area contributed by atoms with Crippen molar-refractivity contribution in [3.8, 4) is 0 Å². The first-order chi connectivity index (χ1) is 10.5. The van der Waals surface area contributed by atoms with Gasteiger partial charge in [0.1, 0.15) is 0 Å². The van der Waals surface area contributed by atoms with Crippen LogP contribution in [0.15, 0.2) is 24.3 Å². The van der Waals surface area contributed by atoms with Crippen molar-refractivity contribution in [2.24, 2.45) is 11.7 Å². The Hall–Kier alpha value is -1.31. The molecule has 6 nitrogen and oxygen atoms in total. The third-order valence-electron chi connectivity index (χ3n) is 4.22. The van der Waals surface area contributed by atoms with Crippen LogP contribution < -0.4 is 15.4 Å². The van der Waals surface area contributed by atoms with Crippen molar-refractivity contribution < 1.29 is 13.2 Å². The minimum Gasteiger partial charge on any atom is -0.350 e. The summed E-state index contributed by atoms with van der Waals surface area (Å²) in [5, 5.41) is 2.83. The number of nitrogens with zero attached hydrogens (tertiary/aromatic N) is 1. The summed E-state index contributed by atoms with van der Waals surface area (Å²) < 4.78 is 25.3. The SMILES string of the molecule is Cl.NC(CNC(=O)c1cccc(N2CCCS2(=O)=O)c1)C1CC1. The Morgan fingerprint density at radius 3 is 2.74 bits per heavy atom. The number of nitrogens with one attached hydrogen (secondary N) is 1. The normalized spacial score (nSPS) is 20.7. The lowest BCUT2D eigenvalue weighted by atomic mass is 10.1. The molecule has 0 aromatic heterocycles. The van der Waals surface area contributed by atoms with E-state index in [0.717, 1.165) is 12.8 Å². The highest BCUT2D eigenvalue weighted by atomic mass is 35.5. The number of sulfonamides is 1. The number of halogens is 1. The molecule has 3 N–H and O–H groups in total. The largest absolute Gasteiger partial charge is 0.350 e. The van der Waals surface area contributed by atoms with Gasteiger partial charge in [0.05, 0.1) is 11.4 Å². The van der Waals surface area contributed by atoms with Crippen LogP contribution in [0.5, 0.6) is 0 Å². The van der Waals surface area contributed by atoms with Crippen LogP contribution in [0.25, 0.3) is 0 Å². The number of benzene rings is 1. The maximum Gasteiger partial charge on any atom is 0.251 e. The van der Waals surface area contributed by atoms with Crippen LogP contribution >= 0.6 is 12.4 Å². The quantitative estimate of drug-likeness (QED) is 0.823. The Balaban J connectivity index is 0.00000192. The average molecular weight is 360 g/mol. The zero-order valence-corrected chi connectivity index (χ0v) is 14.4. The van der Waals surface area contributed by atoms with Gasteiger partial charge < -0.3 is 11.1 Å². The molecule has 0 bridgehead atoms. The predicted octanol–water partition coefficient (Wildman–Crippen LogP) is 1.12. The lowest BCUT2D eigenvalue weighted by Gasteiger charge is -2.18. The smallest absolute Gasteiger partial charge is 0.251 e. The Kier molecular flexibility index (Phi) is 5.54. The predicted molar refractivity (Wildman–Crippen MR) is 92.5 cm³/mol. The highest BCUT2D eigenvalue weighted by Gasteiger charge is 2.30. The van der Waals surface area contributed by atoms with Gasteiger partial charge in [-0.25, -0.2) is 8.42 Å². The molecule has 1 unspecified atom stereocenters. The van der Waals surface area contributed by atoms with Gasteiger partial charge in [-0.05, 0) is 43.4 Å². The Bertz CT molecular complexity index is 676. The van der Waals surface area contributed by atoms with Crippen molar-refractivity contribution in [2.75, 3.05) is 23.1 Å². The Morgan fingerprint density at radius 1 is 1.39 bits per heavy atom. The van der Waals surface area contributed by atoms with E-state index in [1.165, 1.54) is 4.31 Å². The number of amides is 1. The van der Waals surface area contributed by atoms with Crippen LogP contribution in [-0.4, -0.2) is 39.2 Å².